The van der Waals surface area contributed by atoms with Crippen molar-refractivity contribution in [3.63, 3.8) is 0 Å². The lowest BCUT2D eigenvalue weighted by Gasteiger charge is -2.16. The van der Waals surface area contributed by atoms with Gasteiger partial charge in [0, 0.05) is 20.2 Å². The molecule has 9 heteroatoms. The Balaban J connectivity index is 2.34. The highest BCUT2D eigenvalue weighted by molar-refractivity contribution is 6.32. The third-order valence-corrected chi connectivity index (χ3v) is 3.95. The molecule has 0 fully saturated rings. The van der Waals surface area contributed by atoms with Crippen molar-refractivity contribution in [1.29, 1.82) is 0 Å². The molecule has 0 saturated heterocycles. The Hall–Kier alpha value is -3.00. The molecule has 0 atom stereocenters. The van der Waals surface area contributed by atoms with Gasteiger partial charge in [0.15, 0.2) is 18.1 Å². The lowest BCUT2D eigenvalue weighted by molar-refractivity contribution is -0.130. The molecule has 0 unspecified atom stereocenters. The third kappa shape index (κ3) is 5.26. The second kappa shape index (κ2) is 9.27. The summed E-state index contributed by atoms with van der Waals surface area (Å²) in [6, 6.07) is 6.34. The van der Waals surface area contributed by atoms with Crippen molar-refractivity contribution in [2.75, 3.05) is 33.0 Å². The summed E-state index contributed by atoms with van der Waals surface area (Å²) in [6.45, 7) is 3.80. The molecule has 0 saturated carbocycles. The van der Waals surface area contributed by atoms with Crippen LogP contribution in [0.5, 0.6) is 11.5 Å². The van der Waals surface area contributed by atoms with E-state index in [0.717, 1.165) is 10.2 Å². The molecule has 0 aliphatic carbocycles. The number of ether oxygens (including phenoxy) is 2. The van der Waals surface area contributed by atoms with E-state index in [2.05, 4.69) is 5.10 Å². The van der Waals surface area contributed by atoms with E-state index in [1.807, 2.05) is 6.92 Å². The van der Waals surface area contributed by atoms with Gasteiger partial charge in [-0.25, -0.2) is 0 Å². The number of halogens is 1. The average molecular weight is 407 g/mol. The monoisotopic (exact) mass is 406 g/mol. The molecule has 28 heavy (non-hydrogen) atoms. The number of benzene rings is 1. The second-order valence-corrected chi connectivity index (χ2v) is 6.60. The van der Waals surface area contributed by atoms with Crippen molar-refractivity contribution in [1.82, 2.24) is 9.58 Å². The fraction of sp³-hybridized carbons (Fsp3) is 0.316. The molecule has 1 aromatic carbocycles. The summed E-state index contributed by atoms with van der Waals surface area (Å²) in [7, 11) is 3.27. The van der Waals surface area contributed by atoms with Gasteiger partial charge < -0.3 is 20.1 Å². The van der Waals surface area contributed by atoms with Crippen LogP contribution in [-0.2, 0) is 4.79 Å². The van der Waals surface area contributed by atoms with Crippen LogP contribution >= 0.6 is 11.6 Å². The first-order valence-corrected chi connectivity index (χ1v) is 8.93. The minimum Gasteiger partial charge on any atom is -0.490 e. The number of anilines is 1. The van der Waals surface area contributed by atoms with Crippen LogP contribution in [0.3, 0.4) is 0 Å². The van der Waals surface area contributed by atoms with E-state index in [0.29, 0.717) is 17.9 Å². The molecule has 2 aromatic rings. The Morgan fingerprint density at radius 1 is 1.29 bits per heavy atom. The molecule has 0 radical (unpaired) electrons. The van der Waals surface area contributed by atoms with Gasteiger partial charge in [-0.1, -0.05) is 11.6 Å². The molecule has 0 aliphatic heterocycles. The fourth-order valence-corrected chi connectivity index (χ4v) is 2.57. The Labute approximate surface area is 168 Å². The summed E-state index contributed by atoms with van der Waals surface area (Å²) >= 11 is 6.31. The van der Waals surface area contributed by atoms with Crippen LogP contribution in [0.15, 0.2) is 34.2 Å². The topological polar surface area (TPSA) is 99.1 Å². The fourth-order valence-electron chi connectivity index (χ4n) is 2.30. The molecule has 1 amide bonds. The van der Waals surface area contributed by atoms with Gasteiger partial charge in [0.1, 0.15) is 5.82 Å². The number of likely N-dealkylation sites (N-methyl/N-ethyl adjacent to an activating group) is 1. The molecular formula is C19H23ClN4O4. The van der Waals surface area contributed by atoms with Gasteiger partial charge in [0.25, 0.3) is 11.5 Å². The number of pyridine rings is 1. The summed E-state index contributed by atoms with van der Waals surface area (Å²) in [6.07, 6.45) is 1.44. The van der Waals surface area contributed by atoms with E-state index in [-0.39, 0.29) is 34.7 Å². The molecule has 1 aromatic heterocycles. The van der Waals surface area contributed by atoms with Gasteiger partial charge in [-0.15, -0.1) is 0 Å². The first-order valence-electron chi connectivity index (χ1n) is 8.55. The van der Waals surface area contributed by atoms with E-state index in [1.165, 1.54) is 17.2 Å². The Bertz CT molecular complexity index is 954. The molecule has 2 N–H and O–H groups in total. The Morgan fingerprint density at radius 2 is 2.00 bits per heavy atom. The van der Waals surface area contributed by atoms with E-state index >= 15 is 0 Å². The predicted octanol–water partition coefficient (Wildman–Crippen LogP) is 2.14. The van der Waals surface area contributed by atoms with Crippen LogP contribution in [0.2, 0.25) is 5.02 Å². The largest absolute Gasteiger partial charge is 0.490 e. The smallest absolute Gasteiger partial charge is 0.273 e. The number of amides is 1. The van der Waals surface area contributed by atoms with Crippen LogP contribution in [-0.4, -0.2) is 49.0 Å². The van der Waals surface area contributed by atoms with Crippen LogP contribution in [0.25, 0.3) is 0 Å². The van der Waals surface area contributed by atoms with Crippen molar-refractivity contribution in [3.05, 3.63) is 50.8 Å². The van der Waals surface area contributed by atoms with Gasteiger partial charge in [-0.2, -0.15) is 9.78 Å². The summed E-state index contributed by atoms with van der Waals surface area (Å²) in [5, 5.41) is 4.38. The maximum atomic E-state index is 12.0. The molecule has 0 spiro atoms. The average Bonchev–Trinajstić information content (AvgIpc) is 2.60. The van der Waals surface area contributed by atoms with Crippen molar-refractivity contribution in [2.24, 2.45) is 5.10 Å². The number of carbonyl (C=O) groups excluding carboxylic acids is 1. The number of aryl methyl sites for hydroxylation is 1. The van der Waals surface area contributed by atoms with Crippen molar-refractivity contribution in [3.8, 4) is 11.5 Å². The molecule has 8 nitrogen and oxygen atoms in total. The maximum absolute atomic E-state index is 12.0. The highest BCUT2D eigenvalue weighted by Crippen LogP contribution is 2.36. The zero-order chi connectivity index (χ0) is 20.8. The number of nitrogen functional groups attached to an aromatic ring is 1. The first-order chi connectivity index (χ1) is 13.2. The van der Waals surface area contributed by atoms with Crippen LogP contribution in [0.1, 0.15) is 18.1 Å². The van der Waals surface area contributed by atoms with Crippen LogP contribution < -0.4 is 20.8 Å². The Morgan fingerprint density at radius 3 is 2.61 bits per heavy atom. The number of hydrogen-bond donors (Lipinski definition) is 1. The maximum Gasteiger partial charge on any atom is 0.273 e. The minimum atomic E-state index is -0.341. The van der Waals surface area contributed by atoms with Gasteiger partial charge >= 0.3 is 0 Å². The third-order valence-electron chi connectivity index (χ3n) is 3.67. The molecule has 2 rings (SSSR count). The Kier molecular flexibility index (Phi) is 7.06. The van der Waals surface area contributed by atoms with Crippen molar-refractivity contribution in [2.45, 2.75) is 13.8 Å². The normalized spacial score (nSPS) is 10.9. The molecular weight excluding hydrogens is 384 g/mol. The highest BCUT2D eigenvalue weighted by Gasteiger charge is 2.15. The van der Waals surface area contributed by atoms with Crippen LogP contribution in [0.4, 0.5) is 5.82 Å². The van der Waals surface area contributed by atoms with Gasteiger partial charge in [0.2, 0.25) is 0 Å². The van der Waals surface area contributed by atoms with E-state index in [4.69, 9.17) is 26.8 Å². The lowest BCUT2D eigenvalue weighted by Crippen LogP contribution is -2.27. The van der Waals surface area contributed by atoms with Crippen molar-refractivity contribution < 1.29 is 14.3 Å². The number of aromatic nitrogens is 1. The quantitative estimate of drug-likeness (QED) is 0.710. The number of rotatable bonds is 7. The lowest BCUT2D eigenvalue weighted by atomic mass is 10.2. The summed E-state index contributed by atoms with van der Waals surface area (Å²) in [5.41, 5.74) is 6.84. The van der Waals surface area contributed by atoms with E-state index in [9.17, 15) is 9.59 Å². The zero-order valence-corrected chi connectivity index (χ0v) is 17.0. The number of nitrogens with zero attached hydrogens (tertiary/aromatic N) is 3. The number of hydrogen-bond acceptors (Lipinski definition) is 6. The standard InChI is InChI=1S/C19H23ClN4O4/c1-5-27-15-9-13(8-14(20)19(15)28-11-18(26)23(3)4)10-22-24-16(21)6-12(2)7-17(24)25/h6-10H,5,11,21H2,1-4H3/b22-10-. The van der Waals surface area contributed by atoms with E-state index in [1.54, 1.807) is 39.2 Å². The van der Waals surface area contributed by atoms with E-state index < -0.39 is 0 Å². The van der Waals surface area contributed by atoms with Gasteiger partial charge in [-0.3, -0.25) is 9.59 Å². The van der Waals surface area contributed by atoms with Crippen molar-refractivity contribution >= 4 is 29.5 Å². The zero-order valence-electron chi connectivity index (χ0n) is 16.2. The molecule has 0 bridgehead atoms. The first kappa shape index (κ1) is 21.3. The number of carbonyl (C=O) groups is 1. The number of nitrogens with two attached hydrogens (primary N) is 1. The molecule has 1 heterocycles. The summed E-state index contributed by atoms with van der Waals surface area (Å²) in [5.74, 6) is 0.646. The SMILES string of the molecule is CCOc1cc(/C=N\n2c(N)cc(C)cc2=O)cc(Cl)c1OCC(=O)N(C)C. The predicted molar refractivity (Wildman–Crippen MR) is 110 cm³/mol. The van der Waals surface area contributed by atoms with Gasteiger partial charge in [-0.05, 0) is 43.2 Å². The summed E-state index contributed by atoms with van der Waals surface area (Å²) < 4.78 is 12.2. The summed E-state index contributed by atoms with van der Waals surface area (Å²) in [4.78, 5) is 25.2. The molecule has 150 valence electrons. The van der Waals surface area contributed by atoms with Crippen LogP contribution in [0, 0.1) is 6.92 Å². The molecule has 0 aliphatic rings. The van der Waals surface area contributed by atoms with Gasteiger partial charge in [0.05, 0.1) is 17.8 Å². The second-order valence-electron chi connectivity index (χ2n) is 6.19. The highest BCUT2D eigenvalue weighted by atomic mass is 35.5. The minimum absolute atomic E-state index is 0.171.